The maximum absolute atomic E-state index is 11.0. The number of carboxylic acids is 1. The molecule has 0 amide bonds. The average molecular weight is 379 g/mol. The van der Waals surface area contributed by atoms with Gasteiger partial charge in [-0.15, -0.1) is 0 Å². The van der Waals surface area contributed by atoms with Gasteiger partial charge < -0.3 is 15.0 Å². The summed E-state index contributed by atoms with van der Waals surface area (Å²) in [6, 6.07) is 6.24. The molecule has 0 unspecified atom stereocenters. The van der Waals surface area contributed by atoms with Crippen molar-refractivity contribution in [3.8, 4) is 0 Å². The third kappa shape index (κ3) is 3.43. The molecule has 4 rings (SSSR count). The Morgan fingerprint density at radius 3 is 2.93 bits per heavy atom. The fraction of sp³-hybridized carbons (Fsp3) is 0.158. The van der Waals surface area contributed by atoms with Crippen molar-refractivity contribution in [1.82, 2.24) is 19.5 Å². The lowest BCUT2D eigenvalue weighted by molar-refractivity contribution is -0.132. The van der Waals surface area contributed by atoms with E-state index in [9.17, 15) is 4.79 Å². The molecular formula is C19H17N5O2S. The summed E-state index contributed by atoms with van der Waals surface area (Å²) < 4.78 is 2.01. The molecule has 0 radical (unpaired) electrons. The molecule has 3 aromatic rings. The molecule has 2 aromatic heterocycles. The predicted molar refractivity (Wildman–Crippen MR) is 103 cm³/mol. The number of nitrogens with zero attached hydrogens (tertiary/aromatic N) is 4. The second kappa shape index (κ2) is 6.88. The zero-order valence-corrected chi connectivity index (χ0v) is 15.6. The normalized spacial score (nSPS) is 12.9. The van der Waals surface area contributed by atoms with Crippen molar-refractivity contribution in [1.29, 1.82) is 0 Å². The van der Waals surface area contributed by atoms with Gasteiger partial charge in [0.2, 0.25) is 0 Å². The van der Waals surface area contributed by atoms with E-state index in [2.05, 4.69) is 38.5 Å². The lowest BCUT2D eigenvalue weighted by atomic mass is 10.2. The van der Waals surface area contributed by atoms with E-state index in [0.717, 1.165) is 32.7 Å². The lowest BCUT2D eigenvalue weighted by Gasteiger charge is -2.19. The van der Waals surface area contributed by atoms with Crippen LogP contribution >= 0.6 is 11.8 Å². The Hall–Kier alpha value is -3.13. The number of nitrogens with one attached hydrogen (secondary N) is 1. The molecule has 0 aliphatic carbocycles. The van der Waals surface area contributed by atoms with E-state index in [4.69, 9.17) is 5.11 Å². The van der Waals surface area contributed by atoms with Crippen LogP contribution in [0.2, 0.25) is 0 Å². The van der Waals surface area contributed by atoms with Crippen LogP contribution in [0.15, 0.2) is 52.4 Å². The van der Waals surface area contributed by atoms with Crippen LogP contribution in [-0.2, 0) is 11.3 Å². The molecule has 136 valence electrons. The molecule has 0 saturated carbocycles. The van der Waals surface area contributed by atoms with Crippen molar-refractivity contribution in [2.24, 2.45) is 0 Å². The number of hydrogen-bond donors (Lipinski definition) is 2. The smallest absolute Gasteiger partial charge is 0.331 e. The van der Waals surface area contributed by atoms with Gasteiger partial charge in [-0.2, -0.15) is 0 Å². The van der Waals surface area contributed by atoms with E-state index in [1.807, 2.05) is 11.5 Å². The molecule has 0 atom stereocenters. The Morgan fingerprint density at radius 2 is 2.11 bits per heavy atom. The van der Waals surface area contributed by atoms with E-state index in [1.165, 1.54) is 0 Å². The Labute approximate surface area is 160 Å². The molecule has 1 aliphatic heterocycles. The number of benzene rings is 1. The first-order valence-electron chi connectivity index (χ1n) is 8.33. The molecule has 1 aromatic carbocycles. The Morgan fingerprint density at radius 1 is 1.30 bits per heavy atom. The largest absolute Gasteiger partial charge is 0.478 e. The van der Waals surface area contributed by atoms with Crippen LogP contribution in [0.1, 0.15) is 23.9 Å². The summed E-state index contributed by atoms with van der Waals surface area (Å²) in [5.41, 5.74) is 3.97. The number of rotatable bonds is 4. The number of carboxylic acid groups (broad SMARTS) is 1. The van der Waals surface area contributed by atoms with Crippen molar-refractivity contribution in [2.75, 3.05) is 5.32 Å². The molecule has 0 spiro atoms. The van der Waals surface area contributed by atoms with Crippen LogP contribution in [-0.4, -0.2) is 30.6 Å². The molecular weight excluding hydrogens is 362 g/mol. The highest BCUT2D eigenvalue weighted by Crippen LogP contribution is 2.42. The van der Waals surface area contributed by atoms with Crippen LogP contribution in [0.25, 0.3) is 6.08 Å². The van der Waals surface area contributed by atoms with Crippen LogP contribution in [0, 0.1) is 6.92 Å². The van der Waals surface area contributed by atoms with Gasteiger partial charge in [-0.1, -0.05) is 17.8 Å². The highest BCUT2D eigenvalue weighted by Gasteiger charge is 2.18. The van der Waals surface area contributed by atoms with Crippen LogP contribution in [0.3, 0.4) is 0 Å². The van der Waals surface area contributed by atoms with E-state index in [-0.39, 0.29) is 5.57 Å². The third-order valence-electron chi connectivity index (χ3n) is 4.35. The number of fused-ring (bicyclic) bond motifs is 2. The number of aromatic nitrogens is 4. The molecule has 1 aliphatic rings. The average Bonchev–Trinajstić information content (AvgIpc) is 2.99. The molecule has 0 fully saturated rings. The van der Waals surface area contributed by atoms with Gasteiger partial charge in [0.1, 0.15) is 5.03 Å². The molecule has 3 heterocycles. The predicted octanol–water partition coefficient (Wildman–Crippen LogP) is 3.73. The van der Waals surface area contributed by atoms with Crippen molar-refractivity contribution < 1.29 is 9.90 Å². The fourth-order valence-electron chi connectivity index (χ4n) is 2.80. The number of imidazole rings is 1. The van der Waals surface area contributed by atoms with Crippen molar-refractivity contribution in [3.05, 3.63) is 59.4 Å². The van der Waals surface area contributed by atoms with Gasteiger partial charge in [0.25, 0.3) is 0 Å². The maximum Gasteiger partial charge on any atom is 0.331 e. The quantitative estimate of drug-likeness (QED) is 0.522. The summed E-state index contributed by atoms with van der Waals surface area (Å²) in [5, 5.41) is 13.2. The lowest BCUT2D eigenvalue weighted by Crippen LogP contribution is -2.06. The second-order valence-electron chi connectivity index (χ2n) is 6.24. The zero-order valence-electron chi connectivity index (χ0n) is 14.8. The Balaban J connectivity index is 1.58. The topological polar surface area (TPSA) is 92.9 Å². The number of hydrogen-bond acceptors (Lipinski definition) is 6. The molecule has 2 N–H and O–H groups in total. The first kappa shape index (κ1) is 17.3. The van der Waals surface area contributed by atoms with Crippen molar-refractivity contribution >= 4 is 35.3 Å². The van der Waals surface area contributed by atoms with Crippen molar-refractivity contribution in [3.63, 3.8) is 0 Å². The number of carbonyl (C=O) groups is 1. The SMILES string of the molecule is CC(=Cc1ncn(Cc2ccc3c(c2)Nc2nccnc2S3)c1C)C(=O)O. The zero-order chi connectivity index (χ0) is 19.0. The second-order valence-corrected chi connectivity index (χ2v) is 7.27. The minimum Gasteiger partial charge on any atom is -0.478 e. The minimum atomic E-state index is -0.939. The van der Waals surface area contributed by atoms with Gasteiger partial charge in [-0.05, 0) is 37.6 Å². The Bertz CT molecular complexity index is 1070. The number of anilines is 2. The summed E-state index contributed by atoms with van der Waals surface area (Å²) in [5.74, 6) is -0.173. The Kier molecular flexibility index (Phi) is 4.41. The van der Waals surface area contributed by atoms with Crippen LogP contribution < -0.4 is 5.32 Å². The van der Waals surface area contributed by atoms with Gasteiger partial charge in [0.15, 0.2) is 5.82 Å². The van der Waals surface area contributed by atoms with Crippen LogP contribution in [0.4, 0.5) is 11.5 Å². The molecule has 27 heavy (non-hydrogen) atoms. The molecule has 7 nitrogen and oxygen atoms in total. The van der Waals surface area contributed by atoms with E-state index in [0.29, 0.717) is 12.2 Å². The number of aliphatic carboxylic acids is 1. The van der Waals surface area contributed by atoms with Crippen molar-refractivity contribution in [2.45, 2.75) is 30.3 Å². The maximum atomic E-state index is 11.0. The van der Waals surface area contributed by atoms with E-state index >= 15 is 0 Å². The first-order valence-corrected chi connectivity index (χ1v) is 9.15. The van der Waals surface area contributed by atoms with Gasteiger partial charge in [0, 0.05) is 35.1 Å². The molecule has 8 heteroatoms. The minimum absolute atomic E-state index is 0.262. The summed E-state index contributed by atoms with van der Waals surface area (Å²) in [7, 11) is 0. The highest BCUT2D eigenvalue weighted by atomic mass is 32.2. The fourth-order valence-corrected chi connectivity index (χ4v) is 3.68. The monoisotopic (exact) mass is 379 g/mol. The first-order chi connectivity index (χ1) is 13.0. The standard InChI is InChI=1S/C19H17N5O2S/c1-11(19(25)26)7-14-12(2)24(10-22-14)9-13-3-4-16-15(8-13)23-17-18(27-16)21-6-5-20-17/h3-8,10H,9H2,1-2H3,(H,20,23)(H,25,26). The summed E-state index contributed by atoms with van der Waals surface area (Å²) >= 11 is 1.60. The highest BCUT2D eigenvalue weighted by molar-refractivity contribution is 7.99. The van der Waals surface area contributed by atoms with E-state index < -0.39 is 5.97 Å². The van der Waals surface area contributed by atoms with Gasteiger partial charge in [0.05, 0.1) is 17.7 Å². The molecule has 0 bridgehead atoms. The summed E-state index contributed by atoms with van der Waals surface area (Å²) in [4.78, 5) is 25.1. The third-order valence-corrected chi connectivity index (χ3v) is 5.42. The van der Waals surface area contributed by atoms with Gasteiger partial charge in [-0.25, -0.2) is 19.7 Å². The molecule has 0 saturated heterocycles. The van der Waals surface area contributed by atoms with E-state index in [1.54, 1.807) is 43.5 Å². The van der Waals surface area contributed by atoms with Crippen LogP contribution in [0.5, 0.6) is 0 Å². The van der Waals surface area contributed by atoms with Gasteiger partial charge >= 0.3 is 5.97 Å². The summed E-state index contributed by atoms with van der Waals surface area (Å²) in [6.45, 7) is 4.15. The summed E-state index contributed by atoms with van der Waals surface area (Å²) in [6.07, 6.45) is 6.69. The van der Waals surface area contributed by atoms with Gasteiger partial charge in [-0.3, -0.25) is 0 Å².